The molecule has 2 fully saturated rings. The van der Waals surface area contributed by atoms with Crippen molar-refractivity contribution in [3.8, 4) is 11.5 Å². The number of carbonyl (C=O) groups excluding carboxylic acids is 1. The summed E-state index contributed by atoms with van der Waals surface area (Å²) in [4.78, 5) is 20.7. The van der Waals surface area contributed by atoms with E-state index in [1.165, 1.54) is 22.9 Å². The fourth-order valence-electron chi connectivity index (χ4n) is 5.46. The van der Waals surface area contributed by atoms with Crippen LogP contribution in [0, 0.1) is 0 Å². The van der Waals surface area contributed by atoms with Gasteiger partial charge in [-0.05, 0) is 36.1 Å². The van der Waals surface area contributed by atoms with Gasteiger partial charge in [-0.1, -0.05) is 6.07 Å². The molecule has 10 heteroatoms. The van der Waals surface area contributed by atoms with E-state index in [-0.39, 0.29) is 12.7 Å². The number of ether oxygens (including phenoxy) is 3. The molecule has 0 spiro atoms. The smallest absolute Gasteiger partial charge is 0.409 e. The van der Waals surface area contributed by atoms with Crippen LogP contribution in [-0.4, -0.2) is 101 Å². The van der Waals surface area contributed by atoms with Crippen LogP contribution in [0.25, 0.3) is 10.1 Å². The average Bonchev–Trinajstić information content (AvgIpc) is 3.48. The van der Waals surface area contributed by atoms with E-state index in [9.17, 15) is 9.90 Å². The minimum atomic E-state index is -0.301. The maximum absolute atomic E-state index is 11.8. The number of hydrogen-bond acceptors (Lipinski definition) is 9. The van der Waals surface area contributed by atoms with Crippen LogP contribution in [0.1, 0.15) is 12.0 Å². The molecule has 3 heterocycles. The van der Waals surface area contributed by atoms with Gasteiger partial charge in [0.1, 0.15) is 0 Å². The maximum atomic E-state index is 11.8. The third-order valence-corrected chi connectivity index (χ3v) is 8.52. The summed E-state index contributed by atoms with van der Waals surface area (Å²) < 4.78 is 18.0. The molecule has 1 aromatic heterocycles. The van der Waals surface area contributed by atoms with Gasteiger partial charge in [0, 0.05) is 92.0 Å². The van der Waals surface area contributed by atoms with Gasteiger partial charge in [-0.15, -0.1) is 11.3 Å². The molecule has 2 saturated heterocycles. The SMILES string of the molecule is COC(=O)N1CCN(c2cc(CO)c(OCCCN3CCN(c4cccc5sccc45)CC3)c(OC)c2)CC1. The Bertz CT molecular complexity index is 1230. The number of aliphatic hydroxyl groups is 1. The Morgan fingerprint density at radius 3 is 2.46 bits per heavy atom. The van der Waals surface area contributed by atoms with Gasteiger partial charge in [0.05, 0.1) is 27.4 Å². The summed E-state index contributed by atoms with van der Waals surface area (Å²) in [6, 6.07) is 12.7. The van der Waals surface area contributed by atoms with E-state index in [2.05, 4.69) is 44.3 Å². The molecule has 0 atom stereocenters. The molecule has 5 rings (SSSR count). The van der Waals surface area contributed by atoms with E-state index >= 15 is 0 Å². The average molecular weight is 555 g/mol. The summed E-state index contributed by atoms with van der Waals surface area (Å²) in [5.41, 5.74) is 2.99. The number of anilines is 2. The predicted octanol–water partition coefficient (Wildman–Crippen LogP) is 3.88. The van der Waals surface area contributed by atoms with E-state index < -0.39 is 0 Å². The first-order valence-corrected chi connectivity index (χ1v) is 14.4. The number of hydrogen-bond donors (Lipinski definition) is 1. The molecule has 0 saturated carbocycles. The number of benzene rings is 2. The standard InChI is InChI=1S/C29H38N4O5S/c1-36-26-20-23(31-13-15-33(16-14-31)29(35)37-2)19-22(21-34)28(26)38-17-4-8-30-9-11-32(12-10-30)25-5-3-6-27-24(25)7-18-39-27/h3,5-7,18-20,34H,4,8-17,21H2,1-2H3. The quantitative estimate of drug-likeness (QED) is 0.400. The molecule has 0 radical (unpaired) electrons. The second-order valence-electron chi connectivity index (χ2n) is 9.88. The Morgan fingerprint density at radius 2 is 1.74 bits per heavy atom. The summed E-state index contributed by atoms with van der Waals surface area (Å²) in [6.45, 7) is 8.01. The van der Waals surface area contributed by atoms with E-state index in [1.54, 1.807) is 23.3 Å². The number of aliphatic hydroxyl groups excluding tert-OH is 1. The minimum absolute atomic E-state index is 0.138. The van der Waals surface area contributed by atoms with Crippen LogP contribution in [0.4, 0.5) is 16.2 Å². The largest absolute Gasteiger partial charge is 0.493 e. The van der Waals surface area contributed by atoms with Gasteiger partial charge < -0.3 is 34.0 Å². The lowest BCUT2D eigenvalue weighted by Gasteiger charge is -2.36. The van der Waals surface area contributed by atoms with Gasteiger partial charge in [-0.25, -0.2) is 4.79 Å². The second kappa shape index (κ2) is 12.8. The normalized spacial score (nSPS) is 16.5. The van der Waals surface area contributed by atoms with Crippen LogP contribution in [0.3, 0.4) is 0 Å². The van der Waals surface area contributed by atoms with Crippen molar-refractivity contribution in [3.05, 3.63) is 47.3 Å². The third-order valence-electron chi connectivity index (χ3n) is 7.64. The van der Waals surface area contributed by atoms with Gasteiger partial charge in [-0.2, -0.15) is 0 Å². The Labute approximate surface area is 234 Å². The van der Waals surface area contributed by atoms with Gasteiger partial charge in [0.2, 0.25) is 0 Å². The molecule has 1 N–H and O–H groups in total. The number of methoxy groups -OCH3 is 2. The van der Waals surface area contributed by atoms with Crippen molar-refractivity contribution in [2.75, 3.05) is 89.5 Å². The van der Waals surface area contributed by atoms with Crippen molar-refractivity contribution < 1.29 is 24.1 Å². The van der Waals surface area contributed by atoms with Crippen molar-refractivity contribution in [3.63, 3.8) is 0 Å². The Kier molecular flexibility index (Phi) is 8.95. The van der Waals surface area contributed by atoms with Gasteiger partial charge >= 0.3 is 6.09 Å². The van der Waals surface area contributed by atoms with Gasteiger partial charge in [0.25, 0.3) is 0 Å². The molecule has 0 aliphatic carbocycles. The first-order chi connectivity index (χ1) is 19.1. The predicted molar refractivity (Wildman–Crippen MR) is 156 cm³/mol. The number of carbonyl (C=O) groups is 1. The zero-order chi connectivity index (χ0) is 27.2. The van der Waals surface area contributed by atoms with Crippen LogP contribution in [0.5, 0.6) is 11.5 Å². The lowest BCUT2D eigenvalue weighted by atomic mass is 10.1. The van der Waals surface area contributed by atoms with Crippen molar-refractivity contribution >= 4 is 38.9 Å². The lowest BCUT2D eigenvalue weighted by Crippen LogP contribution is -2.48. The van der Waals surface area contributed by atoms with Gasteiger partial charge in [0.15, 0.2) is 11.5 Å². The minimum Gasteiger partial charge on any atom is -0.493 e. The van der Waals surface area contributed by atoms with Gasteiger partial charge in [-0.3, -0.25) is 4.90 Å². The number of fused-ring (bicyclic) bond motifs is 1. The highest BCUT2D eigenvalue weighted by molar-refractivity contribution is 7.17. The molecule has 2 aliphatic heterocycles. The summed E-state index contributed by atoms with van der Waals surface area (Å²) in [7, 11) is 3.03. The molecule has 2 aliphatic rings. The van der Waals surface area contributed by atoms with Crippen LogP contribution in [0.15, 0.2) is 41.8 Å². The van der Waals surface area contributed by atoms with Crippen molar-refractivity contribution in [1.82, 2.24) is 9.80 Å². The summed E-state index contributed by atoms with van der Waals surface area (Å²) in [5, 5.41) is 13.6. The van der Waals surface area contributed by atoms with E-state index in [1.807, 2.05) is 12.1 Å². The van der Waals surface area contributed by atoms with Crippen LogP contribution in [-0.2, 0) is 11.3 Å². The first kappa shape index (κ1) is 27.4. The number of thiophene rings is 1. The Morgan fingerprint density at radius 1 is 0.974 bits per heavy atom. The summed E-state index contributed by atoms with van der Waals surface area (Å²) >= 11 is 1.80. The van der Waals surface area contributed by atoms with Crippen LogP contribution >= 0.6 is 11.3 Å². The summed E-state index contributed by atoms with van der Waals surface area (Å²) in [5.74, 6) is 1.22. The number of rotatable bonds is 9. The second-order valence-corrected chi connectivity index (χ2v) is 10.8. The molecule has 210 valence electrons. The fraction of sp³-hybridized carbons (Fsp3) is 0.483. The molecule has 2 aromatic carbocycles. The van der Waals surface area contributed by atoms with E-state index in [0.29, 0.717) is 49.8 Å². The highest BCUT2D eigenvalue weighted by Crippen LogP contribution is 2.37. The fourth-order valence-corrected chi connectivity index (χ4v) is 6.27. The molecule has 9 nitrogen and oxygen atoms in total. The molecule has 39 heavy (non-hydrogen) atoms. The van der Waals surface area contributed by atoms with Crippen LogP contribution in [0.2, 0.25) is 0 Å². The molecular formula is C29H38N4O5S. The Balaban J connectivity index is 1.12. The van der Waals surface area contributed by atoms with Crippen molar-refractivity contribution in [2.24, 2.45) is 0 Å². The monoisotopic (exact) mass is 554 g/mol. The summed E-state index contributed by atoms with van der Waals surface area (Å²) in [6.07, 6.45) is 0.593. The van der Waals surface area contributed by atoms with Crippen molar-refractivity contribution in [1.29, 1.82) is 0 Å². The lowest BCUT2D eigenvalue weighted by molar-refractivity contribution is 0.121. The third kappa shape index (κ3) is 6.18. The molecule has 3 aromatic rings. The Hall–Kier alpha value is -3.21. The molecule has 0 bridgehead atoms. The van der Waals surface area contributed by atoms with Crippen LogP contribution < -0.4 is 19.3 Å². The van der Waals surface area contributed by atoms with Crippen molar-refractivity contribution in [2.45, 2.75) is 13.0 Å². The molecule has 1 amide bonds. The zero-order valence-electron chi connectivity index (χ0n) is 22.8. The first-order valence-electron chi connectivity index (χ1n) is 13.6. The molecule has 0 unspecified atom stereocenters. The topological polar surface area (TPSA) is 78.0 Å². The number of nitrogens with zero attached hydrogens (tertiary/aromatic N) is 4. The van der Waals surface area contributed by atoms with E-state index in [4.69, 9.17) is 14.2 Å². The highest BCUT2D eigenvalue weighted by atomic mass is 32.1. The molecular weight excluding hydrogens is 516 g/mol. The maximum Gasteiger partial charge on any atom is 0.409 e. The number of piperazine rings is 2. The highest BCUT2D eigenvalue weighted by Gasteiger charge is 2.24. The van der Waals surface area contributed by atoms with E-state index in [0.717, 1.165) is 44.8 Å². The zero-order valence-corrected chi connectivity index (χ0v) is 23.6. The number of amides is 1.